The summed E-state index contributed by atoms with van der Waals surface area (Å²) < 4.78 is 59.6. The van der Waals surface area contributed by atoms with E-state index in [1.165, 1.54) is 36.4 Å². The zero-order valence-electron chi connectivity index (χ0n) is 18.7. The highest BCUT2D eigenvalue weighted by Crippen LogP contribution is 2.27. The van der Waals surface area contributed by atoms with Crippen LogP contribution < -0.4 is 10.1 Å². The fourth-order valence-electron chi connectivity index (χ4n) is 2.94. The number of alkyl halides is 3. The van der Waals surface area contributed by atoms with Crippen molar-refractivity contribution in [1.29, 1.82) is 0 Å². The number of hydrogen-bond donors (Lipinski definition) is 1. The van der Waals surface area contributed by atoms with Crippen LogP contribution in [0.4, 0.5) is 28.9 Å². The molecule has 8 heteroatoms. The van der Waals surface area contributed by atoms with Crippen molar-refractivity contribution in [2.24, 2.45) is 0 Å². The molecule has 0 heterocycles. The maximum absolute atomic E-state index is 13.3. The lowest BCUT2D eigenvalue weighted by atomic mass is 10.1. The SMILES string of the molecule is CC(C)(C)OC(=O)c1ccc(C=Cc2ccc(OC(F)(F)F)cc2)cc1Nc1ccc(F)cc1. The Morgan fingerprint density at radius 1 is 0.853 bits per heavy atom. The van der Waals surface area contributed by atoms with Crippen LogP contribution in [0.1, 0.15) is 42.3 Å². The van der Waals surface area contributed by atoms with Crippen molar-refractivity contribution in [3.8, 4) is 5.75 Å². The van der Waals surface area contributed by atoms with Crippen LogP contribution in [-0.4, -0.2) is 17.9 Å². The van der Waals surface area contributed by atoms with Gasteiger partial charge in [-0.1, -0.05) is 30.4 Å². The zero-order chi connectivity index (χ0) is 24.9. The van der Waals surface area contributed by atoms with E-state index in [9.17, 15) is 22.4 Å². The maximum Gasteiger partial charge on any atom is 0.573 e. The molecule has 0 amide bonds. The van der Waals surface area contributed by atoms with Crippen LogP contribution in [0.3, 0.4) is 0 Å². The Bertz CT molecular complexity index is 1160. The molecule has 34 heavy (non-hydrogen) atoms. The van der Waals surface area contributed by atoms with Gasteiger partial charge in [-0.05, 0) is 80.4 Å². The third-order valence-electron chi connectivity index (χ3n) is 4.37. The van der Waals surface area contributed by atoms with Crippen LogP contribution in [-0.2, 0) is 4.74 Å². The number of ether oxygens (including phenoxy) is 2. The van der Waals surface area contributed by atoms with E-state index in [2.05, 4.69) is 10.1 Å². The number of esters is 1. The number of nitrogens with one attached hydrogen (secondary N) is 1. The maximum atomic E-state index is 13.3. The quantitative estimate of drug-likeness (QED) is 0.228. The average Bonchev–Trinajstić information content (AvgIpc) is 2.73. The molecule has 0 atom stereocenters. The lowest BCUT2D eigenvalue weighted by molar-refractivity contribution is -0.274. The number of anilines is 2. The minimum Gasteiger partial charge on any atom is -0.456 e. The molecule has 0 saturated carbocycles. The van der Waals surface area contributed by atoms with Gasteiger partial charge >= 0.3 is 12.3 Å². The normalized spacial score (nSPS) is 12.0. The Morgan fingerprint density at radius 2 is 1.44 bits per heavy atom. The summed E-state index contributed by atoms with van der Waals surface area (Å²) in [5.41, 5.74) is 2.01. The smallest absolute Gasteiger partial charge is 0.456 e. The highest BCUT2D eigenvalue weighted by molar-refractivity contribution is 5.97. The van der Waals surface area contributed by atoms with Crippen LogP contribution in [0.25, 0.3) is 12.2 Å². The van der Waals surface area contributed by atoms with Gasteiger partial charge in [0.15, 0.2) is 0 Å². The molecule has 0 aliphatic rings. The molecule has 178 valence electrons. The first kappa shape index (κ1) is 24.8. The Labute approximate surface area is 194 Å². The van der Waals surface area contributed by atoms with E-state index in [0.29, 0.717) is 28.1 Å². The molecular formula is C26H23F4NO3. The Morgan fingerprint density at radius 3 is 2.03 bits per heavy atom. The summed E-state index contributed by atoms with van der Waals surface area (Å²) in [6.45, 7) is 5.29. The van der Waals surface area contributed by atoms with Gasteiger partial charge in [0.25, 0.3) is 0 Å². The fraction of sp³-hybridized carbons (Fsp3) is 0.192. The van der Waals surface area contributed by atoms with Crippen LogP contribution in [0, 0.1) is 5.82 Å². The molecule has 0 saturated heterocycles. The third kappa shape index (κ3) is 7.65. The number of rotatable bonds is 6. The Hall–Kier alpha value is -3.81. The van der Waals surface area contributed by atoms with Gasteiger partial charge in [-0.25, -0.2) is 9.18 Å². The first-order valence-corrected chi connectivity index (χ1v) is 10.3. The predicted molar refractivity (Wildman–Crippen MR) is 123 cm³/mol. The molecule has 3 aromatic rings. The largest absolute Gasteiger partial charge is 0.573 e. The molecule has 0 bridgehead atoms. The number of carbonyl (C=O) groups excluding carboxylic acids is 1. The first-order chi connectivity index (χ1) is 15.9. The Balaban J connectivity index is 1.86. The van der Waals surface area contributed by atoms with Crippen LogP contribution in [0.2, 0.25) is 0 Å². The second-order valence-electron chi connectivity index (χ2n) is 8.39. The number of hydrogen-bond acceptors (Lipinski definition) is 4. The first-order valence-electron chi connectivity index (χ1n) is 10.3. The van der Waals surface area contributed by atoms with Crippen LogP contribution >= 0.6 is 0 Å². The topological polar surface area (TPSA) is 47.6 Å². The van der Waals surface area contributed by atoms with E-state index in [4.69, 9.17) is 4.74 Å². The van der Waals surface area contributed by atoms with E-state index >= 15 is 0 Å². The molecule has 0 spiro atoms. The second-order valence-corrected chi connectivity index (χ2v) is 8.39. The van der Waals surface area contributed by atoms with Gasteiger partial charge in [0.1, 0.15) is 17.2 Å². The molecule has 1 N–H and O–H groups in total. The summed E-state index contributed by atoms with van der Waals surface area (Å²) in [5.74, 6) is -1.22. The fourth-order valence-corrected chi connectivity index (χ4v) is 2.94. The molecule has 3 rings (SSSR count). The van der Waals surface area contributed by atoms with Gasteiger partial charge in [0.2, 0.25) is 0 Å². The van der Waals surface area contributed by atoms with Crippen molar-refractivity contribution >= 4 is 29.5 Å². The standard InChI is InChI=1S/C26H23F4NO3/c1-25(2,3)34-24(32)22-15-8-18(16-23(22)31-20-11-9-19(27)10-12-20)5-4-17-6-13-21(14-7-17)33-26(28,29)30/h4-16,31H,1-3H3. The van der Waals surface area contributed by atoms with Gasteiger partial charge < -0.3 is 14.8 Å². The van der Waals surface area contributed by atoms with E-state index in [1.807, 2.05) is 0 Å². The molecule has 0 radical (unpaired) electrons. The highest BCUT2D eigenvalue weighted by Gasteiger charge is 2.30. The van der Waals surface area contributed by atoms with Crippen molar-refractivity contribution in [2.75, 3.05) is 5.32 Å². The number of carbonyl (C=O) groups is 1. The average molecular weight is 473 g/mol. The summed E-state index contributed by atoms with van der Waals surface area (Å²) >= 11 is 0. The van der Waals surface area contributed by atoms with Gasteiger partial charge in [0.05, 0.1) is 11.3 Å². The molecule has 0 fully saturated rings. The van der Waals surface area contributed by atoms with Crippen LogP contribution in [0.15, 0.2) is 66.7 Å². The minimum atomic E-state index is -4.75. The van der Waals surface area contributed by atoms with E-state index in [1.54, 1.807) is 63.3 Å². The van der Waals surface area contributed by atoms with Gasteiger partial charge in [-0.15, -0.1) is 13.2 Å². The Kier molecular flexibility index (Phi) is 7.29. The molecule has 4 nitrogen and oxygen atoms in total. The summed E-state index contributed by atoms with van der Waals surface area (Å²) in [4.78, 5) is 12.7. The zero-order valence-corrected chi connectivity index (χ0v) is 18.7. The van der Waals surface area contributed by atoms with Gasteiger partial charge in [-0.2, -0.15) is 0 Å². The van der Waals surface area contributed by atoms with E-state index < -0.39 is 17.9 Å². The van der Waals surface area contributed by atoms with Gasteiger partial charge in [0, 0.05) is 5.69 Å². The summed E-state index contributed by atoms with van der Waals surface area (Å²) in [6.07, 6.45) is -1.29. The lowest BCUT2D eigenvalue weighted by Gasteiger charge is -2.21. The molecule has 0 unspecified atom stereocenters. The van der Waals surface area contributed by atoms with Gasteiger partial charge in [-0.3, -0.25) is 0 Å². The van der Waals surface area contributed by atoms with Crippen molar-refractivity contribution in [3.63, 3.8) is 0 Å². The van der Waals surface area contributed by atoms with Crippen molar-refractivity contribution in [1.82, 2.24) is 0 Å². The summed E-state index contributed by atoms with van der Waals surface area (Å²) in [5, 5.41) is 3.11. The molecule has 0 aromatic heterocycles. The minimum absolute atomic E-state index is 0.296. The van der Waals surface area contributed by atoms with Crippen LogP contribution in [0.5, 0.6) is 5.75 Å². The van der Waals surface area contributed by atoms with E-state index in [0.717, 1.165) is 0 Å². The van der Waals surface area contributed by atoms with Crippen molar-refractivity contribution in [2.45, 2.75) is 32.7 Å². The number of benzene rings is 3. The van der Waals surface area contributed by atoms with Crippen molar-refractivity contribution in [3.05, 3.63) is 89.2 Å². The summed E-state index contributed by atoms with van der Waals surface area (Å²) in [6, 6.07) is 16.2. The molecule has 3 aromatic carbocycles. The number of halogens is 4. The lowest BCUT2D eigenvalue weighted by Crippen LogP contribution is -2.24. The highest BCUT2D eigenvalue weighted by atomic mass is 19.4. The van der Waals surface area contributed by atoms with E-state index in [-0.39, 0.29) is 11.6 Å². The predicted octanol–water partition coefficient (Wildman–Crippen LogP) is 7.59. The monoisotopic (exact) mass is 473 g/mol. The third-order valence-corrected chi connectivity index (χ3v) is 4.37. The second kappa shape index (κ2) is 9.99. The molecule has 0 aliphatic heterocycles. The summed E-state index contributed by atoms with van der Waals surface area (Å²) in [7, 11) is 0. The molecule has 0 aliphatic carbocycles. The molecular weight excluding hydrogens is 450 g/mol. The van der Waals surface area contributed by atoms with Crippen molar-refractivity contribution < 1.29 is 31.8 Å².